The van der Waals surface area contributed by atoms with Gasteiger partial charge in [0.1, 0.15) is 6.61 Å². The van der Waals surface area contributed by atoms with Crippen molar-refractivity contribution in [3.63, 3.8) is 0 Å². The second kappa shape index (κ2) is 28.5. The van der Waals surface area contributed by atoms with Gasteiger partial charge in [0.25, 0.3) is 0 Å². The summed E-state index contributed by atoms with van der Waals surface area (Å²) in [6, 6.07) is 11.1. The van der Waals surface area contributed by atoms with E-state index < -0.39 is 17.7 Å². The number of carbonyl (C=O) groups excluding carboxylic acids is 1. The molecule has 1 saturated heterocycles. The van der Waals surface area contributed by atoms with Crippen LogP contribution in [0, 0.1) is 0 Å². The van der Waals surface area contributed by atoms with Crippen molar-refractivity contribution < 1.29 is 70.1 Å². The molecule has 0 aliphatic carbocycles. The summed E-state index contributed by atoms with van der Waals surface area (Å²) in [5.41, 5.74) is -0.0867. The minimum atomic E-state index is -4.48. The average molecular weight is 762 g/mol. The Labute approximate surface area is 309 Å². The molecule has 3 rings (SSSR count). The summed E-state index contributed by atoms with van der Waals surface area (Å²) in [6.45, 7) is 8.16. The molecule has 1 N–H and O–H groups in total. The van der Waals surface area contributed by atoms with Gasteiger partial charge in [0.2, 0.25) is 0 Å². The van der Waals surface area contributed by atoms with E-state index in [2.05, 4.69) is 5.32 Å². The number of benzene rings is 2. The van der Waals surface area contributed by atoms with Crippen molar-refractivity contribution in [1.29, 1.82) is 0 Å². The van der Waals surface area contributed by atoms with Crippen LogP contribution in [-0.2, 0) is 58.3 Å². The first kappa shape index (κ1) is 44.5. The minimum Gasteiger partial charge on any atom is -0.460 e. The van der Waals surface area contributed by atoms with Crippen LogP contribution in [0.4, 0.5) is 24.5 Å². The van der Waals surface area contributed by atoms with Crippen molar-refractivity contribution in [2.45, 2.75) is 31.7 Å². The molecule has 2 aromatic carbocycles. The molecule has 0 bridgehead atoms. The number of anilines is 2. The molecule has 1 aliphatic rings. The standard InChI is InChI=1S/C37H54F3NO12/c38-37(39,40)31-6-5-7-32(30-31)41-34-9-2-1-8-33(34)36(42)53-29-27-50-25-23-48-21-19-46-17-15-44-13-12-43-14-16-45-18-20-47-22-24-49-26-28-52-35-10-3-4-11-51-35/h1-2,5-9,30,35,41H,3-4,10-29H2. The maximum absolute atomic E-state index is 13.0. The largest absolute Gasteiger partial charge is 0.460 e. The predicted molar refractivity (Wildman–Crippen MR) is 188 cm³/mol. The number of hydrogen-bond donors (Lipinski definition) is 1. The Morgan fingerprint density at radius 3 is 1.60 bits per heavy atom. The Hall–Kier alpha value is -2.90. The van der Waals surface area contributed by atoms with Crippen molar-refractivity contribution in [3.8, 4) is 0 Å². The molecule has 0 radical (unpaired) electrons. The highest BCUT2D eigenvalue weighted by atomic mass is 19.4. The van der Waals surface area contributed by atoms with Gasteiger partial charge in [0, 0.05) is 12.3 Å². The van der Waals surface area contributed by atoms with Gasteiger partial charge in [-0.2, -0.15) is 13.2 Å². The van der Waals surface area contributed by atoms with Gasteiger partial charge in [-0.15, -0.1) is 0 Å². The van der Waals surface area contributed by atoms with Gasteiger partial charge in [0.05, 0.1) is 129 Å². The van der Waals surface area contributed by atoms with Gasteiger partial charge in [-0.3, -0.25) is 0 Å². The van der Waals surface area contributed by atoms with Crippen LogP contribution >= 0.6 is 0 Å². The zero-order valence-electron chi connectivity index (χ0n) is 30.3. The van der Waals surface area contributed by atoms with E-state index in [0.717, 1.165) is 38.0 Å². The second-order valence-corrected chi connectivity index (χ2v) is 11.5. The number of alkyl halides is 3. The monoisotopic (exact) mass is 761 g/mol. The lowest BCUT2D eigenvalue weighted by molar-refractivity contribution is -0.169. The zero-order chi connectivity index (χ0) is 37.7. The van der Waals surface area contributed by atoms with E-state index in [1.165, 1.54) is 18.2 Å². The molecule has 1 fully saturated rings. The van der Waals surface area contributed by atoms with Gasteiger partial charge in [0.15, 0.2) is 6.29 Å². The highest BCUT2D eigenvalue weighted by Gasteiger charge is 2.30. The number of carbonyl (C=O) groups is 1. The molecule has 0 amide bonds. The van der Waals surface area contributed by atoms with Crippen molar-refractivity contribution in [2.75, 3.05) is 131 Å². The molecule has 13 nitrogen and oxygen atoms in total. The smallest absolute Gasteiger partial charge is 0.416 e. The van der Waals surface area contributed by atoms with Crippen LogP contribution < -0.4 is 5.32 Å². The van der Waals surface area contributed by atoms with Crippen LogP contribution in [-0.4, -0.2) is 138 Å². The van der Waals surface area contributed by atoms with E-state index in [0.29, 0.717) is 111 Å². The summed E-state index contributed by atoms with van der Waals surface area (Å²) in [5.74, 6) is -0.627. The molecular formula is C37H54F3NO12. The lowest BCUT2D eigenvalue weighted by atomic mass is 10.1. The van der Waals surface area contributed by atoms with Crippen LogP contribution in [0.5, 0.6) is 0 Å². The Bertz CT molecular complexity index is 1220. The summed E-state index contributed by atoms with van der Waals surface area (Å²) >= 11 is 0. The Morgan fingerprint density at radius 2 is 1.11 bits per heavy atom. The van der Waals surface area contributed by atoms with E-state index in [1.54, 1.807) is 18.2 Å². The van der Waals surface area contributed by atoms with Gasteiger partial charge < -0.3 is 57.4 Å². The van der Waals surface area contributed by atoms with Crippen LogP contribution in [0.15, 0.2) is 48.5 Å². The fourth-order valence-electron chi connectivity index (χ4n) is 4.69. The molecule has 300 valence electrons. The van der Waals surface area contributed by atoms with Gasteiger partial charge in [-0.1, -0.05) is 18.2 Å². The molecule has 1 aliphatic heterocycles. The highest BCUT2D eigenvalue weighted by molar-refractivity contribution is 5.96. The van der Waals surface area contributed by atoms with Crippen molar-refractivity contribution in [1.82, 2.24) is 0 Å². The van der Waals surface area contributed by atoms with Crippen LogP contribution in [0.25, 0.3) is 0 Å². The van der Waals surface area contributed by atoms with E-state index in [-0.39, 0.29) is 30.8 Å². The summed E-state index contributed by atoms with van der Waals surface area (Å²) in [6.07, 6.45) is -1.35. The Balaban J connectivity index is 1.01. The third-order valence-electron chi connectivity index (χ3n) is 7.35. The summed E-state index contributed by atoms with van der Waals surface area (Å²) < 4.78 is 99.2. The van der Waals surface area contributed by atoms with Crippen LogP contribution in [0.1, 0.15) is 35.2 Å². The lowest BCUT2D eigenvalue weighted by Crippen LogP contribution is -2.24. The number of esters is 1. The lowest BCUT2D eigenvalue weighted by Gasteiger charge is -2.22. The van der Waals surface area contributed by atoms with Gasteiger partial charge >= 0.3 is 12.1 Å². The number of para-hydroxylation sites is 1. The van der Waals surface area contributed by atoms with Crippen LogP contribution in [0.3, 0.4) is 0 Å². The summed E-state index contributed by atoms with van der Waals surface area (Å²) in [7, 11) is 0. The third kappa shape index (κ3) is 21.5. The molecule has 53 heavy (non-hydrogen) atoms. The fourth-order valence-corrected chi connectivity index (χ4v) is 4.69. The molecule has 0 aromatic heterocycles. The third-order valence-corrected chi connectivity index (χ3v) is 7.35. The first-order chi connectivity index (χ1) is 25.9. The number of halogens is 3. The van der Waals surface area contributed by atoms with Gasteiger partial charge in [-0.25, -0.2) is 4.79 Å². The van der Waals surface area contributed by atoms with Gasteiger partial charge in [-0.05, 0) is 49.6 Å². The first-order valence-electron chi connectivity index (χ1n) is 18.0. The van der Waals surface area contributed by atoms with E-state index in [4.69, 9.17) is 52.1 Å². The predicted octanol–water partition coefficient (Wildman–Crippen LogP) is 5.28. The SMILES string of the molecule is O=C(OCCOCCOCCOCCOCCOCCOCCOCCOCCOC1CCCCO1)c1ccccc1Nc1cccc(C(F)(F)F)c1. The number of rotatable bonds is 31. The molecule has 2 aromatic rings. The highest BCUT2D eigenvalue weighted by Crippen LogP contribution is 2.32. The molecule has 16 heteroatoms. The van der Waals surface area contributed by atoms with E-state index in [9.17, 15) is 18.0 Å². The molecule has 1 unspecified atom stereocenters. The number of nitrogens with one attached hydrogen (secondary N) is 1. The fraction of sp³-hybridized carbons (Fsp3) is 0.649. The minimum absolute atomic E-state index is 0.000361. The molecule has 1 heterocycles. The molecular weight excluding hydrogens is 707 g/mol. The topological polar surface area (TPSA) is 131 Å². The zero-order valence-corrected chi connectivity index (χ0v) is 30.3. The van der Waals surface area contributed by atoms with Crippen molar-refractivity contribution >= 4 is 17.3 Å². The second-order valence-electron chi connectivity index (χ2n) is 11.5. The van der Waals surface area contributed by atoms with Crippen LogP contribution in [0.2, 0.25) is 0 Å². The number of hydrogen-bond acceptors (Lipinski definition) is 13. The Morgan fingerprint density at radius 1 is 0.623 bits per heavy atom. The van der Waals surface area contributed by atoms with Crippen molar-refractivity contribution in [3.05, 3.63) is 59.7 Å². The van der Waals surface area contributed by atoms with E-state index in [1.807, 2.05) is 0 Å². The summed E-state index contributed by atoms with van der Waals surface area (Å²) in [5, 5.41) is 2.86. The maximum Gasteiger partial charge on any atom is 0.416 e. The molecule has 0 saturated carbocycles. The quantitative estimate of drug-likeness (QED) is 0.0791. The summed E-state index contributed by atoms with van der Waals surface area (Å²) in [4.78, 5) is 12.6. The van der Waals surface area contributed by atoms with Crippen molar-refractivity contribution in [2.24, 2.45) is 0 Å². The Kier molecular flexibility index (Phi) is 24.0. The first-order valence-corrected chi connectivity index (χ1v) is 18.0. The maximum atomic E-state index is 13.0. The normalized spacial score (nSPS) is 14.7. The number of ether oxygens (including phenoxy) is 11. The molecule has 1 atom stereocenters. The van der Waals surface area contributed by atoms with E-state index >= 15 is 0 Å². The average Bonchev–Trinajstić information content (AvgIpc) is 3.16. The molecule has 0 spiro atoms.